The second kappa shape index (κ2) is 7.61. The summed E-state index contributed by atoms with van der Waals surface area (Å²) in [5, 5.41) is 3.43. The van der Waals surface area contributed by atoms with E-state index >= 15 is 0 Å². The smallest absolute Gasteiger partial charge is 0.140 e. The van der Waals surface area contributed by atoms with Gasteiger partial charge in [0.15, 0.2) is 0 Å². The molecule has 0 saturated carbocycles. The molecule has 1 rings (SSSR count). The van der Waals surface area contributed by atoms with Crippen LogP contribution >= 0.6 is 0 Å². The minimum atomic E-state index is -0.311. The molecule has 0 saturated heterocycles. The molecule has 0 atom stereocenters. The molecule has 0 aliphatic carbocycles. The minimum Gasteiger partial charge on any atom is -0.358 e. The van der Waals surface area contributed by atoms with Gasteiger partial charge >= 0.3 is 0 Å². The summed E-state index contributed by atoms with van der Waals surface area (Å²) in [5.74, 6) is 0. The van der Waals surface area contributed by atoms with Crippen molar-refractivity contribution in [3.63, 3.8) is 0 Å². The first kappa shape index (κ1) is 14.4. The number of hydrogen-bond donors (Lipinski definition) is 1. The topological polar surface area (TPSA) is 30.5 Å². The maximum absolute atomic E-state index is 5.36. The molecule has 0 bridgehead atoms. The summed E-state index contributed by atoms with van der Waals surface area (Å²) in [4.78, 5) is 0. The van der Waals surface area contributed by atoms with Gasteiger partial charge in [-0.2, -0.15) is 0 Å². The van der Waals surface area contributed by atoms with Crippen LogP contribution in [0.15, 0.2) is 30.3 Å². The van der Waals surface area contributed by atoms with Crippen molar-refractivity contribution in [3.05, 3.63) is 35.9 Å². The minimum absolute atomic E-state index is 0.311. The van der Waals surface area contributed by atoms with Crippen molar-refractivity contribution < 1.29 is 9.47 Å². The van der Waals surface area contributed by atoms with E-state index in [2.05, 4.69) is 29.6 Å². The zero-order chi connectivity index (χ0) is 12.6. The van der Waals surface area contributed by atoms with Gasteiger partial charge in [0.2, 0.25) is 0 Å². The average Bonchev–Trinajstić information content (AvgIpc) is 2.39. The Bertz CT molecular complexity index is 302. The van der Waals surface area contributed by atoms with E-state index in [9.17, 15) is 0 Å². The molecule has 3 nitrogen and oxygen atoms in total. The molecule has 4 heteroatoms. The molecule has 1 N–H and O–H groups in total. The number of ether oxygens (including phenoxy) is 2. The van der Waals surface area contributed by atoms with Crippen molar-refractivity contribution >= 4 is 10.2 Å². The summed E-state index contributed by atoms with van der Waals surface area (Å²) in [6.07, 6.45) is 2.02. The predicted molar refractivity (Wildman–Crippen MR) is 74.1 cm³/mol. The van der Waals surface area contributed by atoms with Crippen molar-refractivity contribution in [3.8, 4) is 0 Å². The molecule has 0 amide bonds. The first-order valence-corrected chi connectivity index (χ1v) is 7.05. The summed E-state index contributed by atoms with van der Waals surface area (Å²) in [6, 6.07) is 10.4. The fourth-order valence-electron chi connectivity index (χ4n) is 1.65. The van der Waals surface area contributed by atoms with Crippen molar-refractivity contribution in [1.82, 2.24) is 5.32 Å². The van der Waals surface area contributed by atoms with Crippen LogP contribution in [0.2, 0.25) is 0 Å². The number of methoxy groups -OCH3 is 2. The van der Waals surface area contributed by atoms with Crippen LogP contribution < -0.4 is 5.32 Å². The Morgan fingerprint density at radius 1 is 1.18 bits per heavy atom. The van der Waals surface area contributed by atoms with E-state index in [-0.39, 0.29) is 5.41 Å². The van der Waals surface area contributed by atoms with Crippen LogP contribution in [0.25, 0.3) is 0 Å². The van der Waals surface area contributed by atoms with Gasteiger partial charge in [-0.15, -0.1) is 0 Å². The highest BCUT2D eigenvalue weighted by atomic mass is 28.1. The summed E-state index contributed by atoms with van der Waals surface area (Å²) in [7, 11) is 4.32. The zero-order valence-corrected chi connectivity index (χ0v) is 13.0. The summed E-state index contributed by atoms with van der Waals surface area (Å²) < 4.78 is 10.7. The fourth-order valence-corrected chi connectivity index (χ4v) is 2.00. The molecular formula is C13H23NO2Si. The monoisotopic (exact) mass is 253 g/mol. The standard InChI is InChI=1S/C13H23NO2Si/c1-15-13(17,16-2)9-6-10-14-11-12-7-4-3-5-8-12/h3-5,7-8,14H,6,9-11H2,1-2,17H3. The third-order valence-corrected chi connectivity index (χ3v) is 4.34. The highest BCUT2D eigenvalue weighted by Gasteiger charge is 2.20. The van der Waals surface area contributed by atoms with E-state index in [1.54, 1.807) is 14.2 Å². The zero-order valence-electron chi connectivity index (χ0n) is 11.0. The number of nitrogens with one attached hydrogen (secondary N) is 1. The van der Waals surface area contributed by atoms with Gasteiger partial charge in [-0.1, -0.05) is 30.3 Å². The molecule has 96 valence electrons. The maximum Gasteiger partial charge on any atom is 0.140 e. The molecule has 1 aromatic carbocycles. The summed E-state index contributed by atoms with van der Waals surface area (Å²) >= 11 is 0. The molecule has 0 unspecified atom stereocenters. The van der Waals surface area contributed by atoms with Gasteiger partial charge in [-0.25, -0.2) is 0 Å². The van der Waals surface area contributed by atoms with E-state index in [0.717, 1.165) is 36.2 Å². The van der Waals surface area contributed by atoms with Gasteiger partial charge in [0.1, 0.15) is 5.41 Å². The highest BCUT2D eigenvalue weighted by molar-refractivity contribution is 6.13. The largest absolute Gasteiger partial charge is 0.358 e. The van der Waals surface area contributed by atoms with Gasteiger partial charge in [0, 0.05) is 20.8 Å². The van der Waals surface area contributed by atoms with Crippen LogP contribution in [-0.4, -0.2) is 36.4 Å². The van der Waals surface area contributed by atoms with E-state index in [1.807, 2.05) is 6.07 Å². The maximum atomic E-state index is 5.36. The molecule has 17 heavy (non-hydrogen) atoms. The van der Waals surface area contributed by atoms with E-state index in [1.165, 1.54) is 5.56 Å². The Hall–Kier alpha value is -0.683. The third-order valence-electron chi connectivity index (χ3n) is 3.02. The lowest BCUT2D eigenvalue weighted by molar-refractivity contribution is -0.146. The van der Waals surface area contributed by atoms with Crippen molar-refractivity contribution in [2.24, 2.45) is 0 Å². The molecule has 0 aromatic heterocycles. The molecular weight excluding hydrogens is 230 g/mol. The normalized spacial score (nSPS) is 11.9. The number of benzene rings is 1. The molecule has 0 aliphatic heterocycles. The van der Waals surface area contributed by atoms with E-state index in [4.69, 9.17) is 9.47 Å². The van der Waals surface area contributed by atoms with Crippen LogP contribution in [0.4, 0.5) is 0 Å². The average molecular weight is 253 g/mol. The Morgan fingerprint density at radius 3 is 2.41 bits per heavy atom. The quantitative estimate of drug-likeness (QED) is 0.424. The van der Waals surface area contributed by atoms with Gasteiger partial charge in [-0.05, 0) is 24.9 Å². The molecule has 0 heterocycles. The molecule has 0 aliphatic rings. The summed E-state index contributed by atoms with van der Waals surface area (Å²) in [6.45, 7) is 1.92. The number of hydrogen-bond acceptors (Lipinski definition) is 3. The number of rotatable bonds is 8. The molecule has 0 radical (unpaired) electrons. The van der Waals surface area contributed by atoms with Crippen molar-refractivity contribution in [2.45, 2.75) is 24.8 Å². The lowest BCUT2D eigenvalue weighted by Gasteiger charge is -2.26. The molecule has 1 aromatic rings. The first-order chi connectivity index (χ1) is 8.20. The summed E-state index contributed by atoms with van der Waals surface area (Å²) in [5.41, 5.74) is 1.01. The Morgan fingerprint density at radius 2 is 1.82 bits per heavy atom. The van der Waals surface area contributed by atoms with Crippen LogP contribution in [0.3, 0.4) is 0 Å². The lowest BCUT2D eigenvalue weighted by Crippen LogP contribution is -2.35. The first-order valence-electron chi connectivity index (χ1n) is 6.05. The second-order valence-corrected chi connectivity index (χ2v) is 5.83. The van der Waals surface area contributed by atoms with Gasteiger partial charge in [-0.3, -0.25) is 0 Å². The van der Waals surface area contributed by atoms with E-state index in [0.29, 0.717) is 0 Å². The van der Waals surface area contributed by atoms with Crippen molar-refractivity contribution in [2.75, 3.05) is 20.8 Å². The Kier molecular flexibility index (Phi) is 6.43. The highest BCUT2D eigenvalue weighted by Crippen LogP contribution is 2.13. The van der Waals surface area contributed by atoms with E-state index < -0.39 is 0 Å². The molecule has 0 fully saturated rings. The Balaban J connectivity index is 2.13. The second-order valence-electron chi connectivity index (χ2n) is 4.31. The van der Waals surface area contributed by atoms with Crippen LogP contribution in [0.1, 0.15) is 18.4 Å². The van der Waals surface area contributed by atoms with Gasteiger partial charge in [0.25, 0.3) is 0 Å². The fraction of sp³-hybridized carbons (Fsp3) is 0.538. The third kappa shape index (κ3) is 5.45. The van der Waals surface area contributed by atoms with Crippen LogP contribution in [-0.2, 0) is 16.0 Å². The van der Waals surface area contributed by atoms with Crippen LogP contribution in [0, 0.1) is 0 Å². The van der Waals surface area contributed by atoms with Crippen molar-refractivity contribution in [1.29, 1.82) is 0 Å². The SMILES string of the molecule is COC([SiH3])(CCCNCc1ccccc1)OC. The Labute approximate surface area is 107 Å². The van der Waals surface area contributed by atoms with Gasteiger partial charge in [0.05, 0.1) is 10.2 Å². The lowest BCUT2D eigenvalue weighted by atomic mass is 10.2. The molecule has 0 spiro atoms. The van der Waals surface area contributed by atoms with Gasteiger partial charge < -0.3 is 14.8 Å². The predicted octanol–water partition coefficient (Wildman–Crippen LogP) is 0.868. The van der Waals surface area contributed by atoms with Crippen LogP contribution in [0.5, 0.6) is 0 Å².